The maximum absolute atomic E-state index is 13.9. The molecule has 9 nitrogen and oxygen atoms in total. The number of aliphatic imine (C=N–C) groups is 1. The molecule has 0 spiro atoms. The van der Waals surface area contributed by atoms with Gasteiger partial charge in [-0.1, -0.05) is 49.9 Å². The van der Waals surface area contributed by atoms with Crippen molar-refractivity contribution in [2.75, 3.05) is 10.7 Å². The van der Waals surface area contributed by atoms with E-state index in [1.165, 1.54) is 58.4 Å². The van der Waals surface area contributed by atoms with Crippen LogP contribution in [0.4, 0.5) is 28.0 Å². The molecule has 3 aromatic carbocycles. The number of hydrogen-bond donors (Lipinski definition) is 1. The number of aromatic nitrogens is 3. The molecule has 0 atom stereocenters. The predicted molar refractivity (Wildman–Crippen MR) is 168 cm³/mol. The molecule has 5 rings (SSSR count). The van der Waals surface area contributed by atoms with Crippen molar-refractivity contribution in [3.8, 4) is 22.8 Å². The minimum atomic E-state index is -4.78. The lowest BCUT2D eigenvalue weighted by atomic mass is 10.0. The van der Waals surface area contributed by atoms with Crippen molar-refractivity contribution in [2.24, 2.45) is 4.99 Å². The quantitative estimate of drug-likeness (QED) is 0.206. The molecule has 4 aromatic rings. The number of rotatable bonds is 7. The number of carbonyl (C=O) groups is 2. The molecule has 0 aliphatic carbocycles. The Labute approximate surface area is 266 Å². The molecule has 0 radical (unpaired) electrons. The molecule has 0 bridgehead atoms. The van der Waals surface area contributed by atoms with Crippen molar-refractivity contribution in [2.45, 2.75) is 40.0 Å². The summed E-state index contributed by atoms with van der Waals surface area (Å²) in [6, 6.07) is 16.1. The maximum Gasteiger partial charge on any atom is 0.573 e. The Morgan fingerprint density at radius 2 is 1.74 bits per heavy atom. The van der Waals surface area contributed by atoms with Gasteiger partial charge in [0, 0.05) is 11.3 Å². The van der Waals surface area contributed by atoms with E-state index in [0.717, 1.165) is 22.9 Å². The van der Waals surface area contributed by atoms with E-state index in [0.29, 0.717) is 34.0 Å². The number of hydrogen-bond acceptors (Lipinski definition) is 6. The maximum atomic E-state index is 13.9. The number of benzene rings is 3. The zero-order valence-electron chi connectivity index (χ0n) is 25.1. The summed E-state index contributed by atoms with van der Waals surface area (Å²) in [6.45, 7) is 7.36. The molecule has 1 aliphatic heterocycles. The fourth-order valence-corrected chi connectivity index (χ4v) is 5.51. The van der Waals surface area contributed by atoms with Gasteiger partial charge in [0.05, 0.1) is 17.1 Å². The van der Waals surface area contributed by atoms with E-state index >= 15 is 0 Å². The van der Waals surface area contributed by atoms with E-state index in [4.69, 9.17) is 0 Å². The predicted octanol–water partition coefficient (Wildman–Crippen LogP) is 7.69. The molecular weight excluding hydrogens is 624 g/mol. The van der Waals surface area contributed by atoms with Gasteiger partial charge >= 0.3 is 12.4 Å². The van der Waals surface area contributed by atoms with Gasteiger partial charge in [-0.05, 0) is 78.9 Å². The largest absolute Gasteiger partial charge is 0.573 e. The van der Waals surface area contributed by atoms with Gasteiger partial charge in [-0.15, -0.1) is 18.3 Å². The summed E-state index contributed by atoms with van der Waals surface area (Å²) in [4.78, 5) is 35.5. The average molecular weight is 653 g/mol. The molecule has 2 heterocycles. The highest BCUT2D eigenvalue weighted by Crippen LogP contribution is 2.34. The number of urea groups is 1. The van der Waals surface area contributed by atoms with Gasteiger partial charge in [0.25, 0.3) is 0 Å². The van der Waals surface area contributed by atoms with Crippen LogP contribution >= 0.6 is 11.8 Å². The second-order valence-electron chi connectivity index (χ2n) is 10.6. The van der Waals surface area contributed by atoms with Gasteiger partial charge < -0.3 is 10.1 Å². The first-order valence-electron chi connectivity index (χ1n) is 14.0. The normalized spacial score (nSPS) is 15.0. The summed E-state index contributed by atoms with van der Waals surface area (Å²) in [5.74, 6) is -0.551. The van der Waals surface area contributed by atoms with Gasteiger partial charge in [0.15, 0.2) is 11.0 Å². The summed E-state index contributed by atoms with van der Waals surface area (Å²) >= 11 is 1.14. The van der Waals surface area contributed by atoms with Gasteiger partial charge in [-0.2, -0.15) is 4.99 Å². The van der Waals surface area contributed by atoms with Crippen molar-refractivity contribution < 1.29 is 31.9 Å². The van der Waals surface area contributed by atoms with Crippen molar-refractivity contribution in [1.29, 1.82) is 0 Å². The number of thioether (sulfide) groups is 1. The summed E-state index contributed by atoms with van der Waals surface area (Å²) in [6.07, 6.45) is -3.32. The van der Waals surface area contributed by atoms with E-state index in [9.17, 15) is 27.2 Å². The molecule has 46 heavy (non-hydrogen) atoms. The summed E-state index contributed by atoms with van der Waals surface area (Å²) in [7, 11) is 0. The lowest BCUT2D eigenvalue weighted by Crippen LogP contribution is -2.32. The number of carbonyl (C=O) groups excluding carboxylic acids is 2. The first kappa shape index (κ1) is 32.4. The summed E-state index contributed by atoms with van der Waals surface area (Å²) < 4.78 is 56.6. The number of nitrogens with one attached hydrogen (secondary N) is 1. The number of nitrogens with zero attached hydrogens (tertiary/aromatic N) is 5. The first-order chi connectivity index (χ1) is 21.8. The molecular formula is C32H28F4N6O3S. The minimum Gasteiger partial charge on any atom is -0.406 e. The molecule has 3 amide bonds. The monoisotopic (exact) mass is 652 g/mol. The van der Waals surface area contributed by atoms with Crippen LogP contribution in [0.1, 0.15) is 44.7 Å². The number of alkyl halides is 3. The van der Waals surface area contributed by atoms with E-state index in [2.05, 4.69) is 25.1 Å². The topological polar surface area (TPSA) is 102 Å². The number of amides is 3. The van der Waals surface area contributed by atoms with Crippen LogP contribution in [0.2, 0.25) is 0 Å². The molecule has 1 aromatic heterocycles. The molecule has 1 aliphatic rings. The standard InChI is InChI=1S/C32H28F4N6O3S/c1-18(2)26-15-23(33)9-14-27(26)42-28(43)16-46-31(42)39-30(44)38-20(4)19(3)21-5-7-22(8-6-21)29-37-17-41(40-29)24-10-12-25(13-11-24)45-32(34,35)36/h5-15,17-18H,16H2,1-4H3,(H,38,44)/b20-19+,39-31?. The van der Waals surface area contributed by atoms with Crippen molar-refractivity contribution in [1.82, 2.24) is 20.1 Å². The number of anilines is 1. The zero-order valence-corrected chi connectivity index (χ0v) is 25.9. The minimum absolute atomic E-state index is 0.0626. The Morgan fingerprint density at radius 3 is 2.39 bits per heavy atom. The summed E-state index contributed by atoms with van der Waals surface area (Å²) in [5.41, 5.74) is 4.46. The smallest absolute Gasteiger partial charge is 0.406 e. The Morgan fingerprint density at radius 1 is 1.04 bits per heavy atom. The average Bonchev–Trinajstić information content (AvgIpc) is 3.63. The molecule has 0 unspecified atom stereocenters. The second kappa shape index (κ2) is 13.2. The fourth-order valence-electron chi connectivity index (χ4n) is 4.65. The van der Waals surface area contributed by atoms with Crippen LogP contribution in [0.5, 0.6) is 5.75 Å². The van der Waals surface area contributed by atoms with E-state index in [1.807, 2.05) is 45.0 Å². The Bertz CT molecular complexity index is 1830. The van der Waals surface area contributed by atoms with Gasteiger partial charge in [-0.3, -0.25) is 9.69 Å². The lowest BCUT2D eigenvalue weighted by molar-refractivity contribution is -0.274. The zero-order chi connectivity index (χ0) is 33.2. The fraction of sp³-hybridized carbons (Fsp3) is 0.219. The van der Waals surface area contributed by atoms with Crippen molar-refractivity contribution in [3.05, 3.63) is 95.7 Å². The number of amidine groups is 1. The van der Waals surface area contributed by atoms with Crippen LogP contribution < -0.4 is 15.0 Å². The van der Waals surface area contributed by atoms with Gasteiger partial charge in [-0.25, -0.2) is 18.9 Å². The van der Waals surface area contributed by atoms with Crippen LogP contribution in [0.25, 0.3) is 22.6 Å². The van der Waals surface area contributed by atoms with Crippen molar-refractivity contribution in [3.63, 3.8) is 0 Å². The SMILES string of the molecule is C/C(NC(=O)N=C1SCC(=O)N1c1ccc(F)cc1C(C)C)=C(/C)c1ccc(-c2ncn(-c3ccc(OC(F)(F)F)cc3)n2)cc1. The van der Waals surface area contributed by atoms with Gasteiger partial charge in [0.2, 0.25) is 5.91 Å². The van der Waals surface area contributed by atoms with E-state index in [-0.39, 0.29) is 28.5 Å². The molecule has 14 heteroatoms. The number of allylic oxidation sites excluding steroid dienone is 2. The van der Waals surface area contributed by atoms with Crippen molar-refractivity contribution >= 4 is 40.1 Å². The molecule has 1 saturated heterocycles. The Balaban J connectivity index is 1.28. The molecule has 0 saturated carbocycles. The van der Waals surface area contributed by atoms with Crippen LogP contribution in [-0.2, 0) is 4.79 Å². The number of ether oxygens (including phenoxy) is 1. The van der Waals surface area contributed by atoms with Crippen LogP contribution in [0, 0.1) is 5.82 Å². The Hall–Kier alpha value is -4.98. The highest BCUT2D eigenvalue weighted by molar-refractivity contribution is 8.15. The van der Waals surface area contributed by atoms with Crippen LogP contribution in [0.15, 0.2) is 83.7 Å². The van der Waals surface area contributed by atoms with Crippen LogP contribution in [-0.4, -0.2) is 44.0 Å². The molecule has 238 valence electrons. The Kier molecular flexibility index (Phi) is 9.28. The first-order valence-corrected chi connectivity index (χ1v) is 15.0. The lowest BCUT2D eigenvalue weighted by Gasteiger charge is -2.21. The summed E-state index contributed by atoms with van der Waals surface area (Å²) in [5, 5.41) is 7.39. The second-order valence-corrected chi connectivity index (χ2v) is 11.5. The van der Waals surface area contributed by atoms with Gasteiger partial charge in [0.1, 0.15) is 17.9 Å². The number of halogens is 4. The third-order valence-corrected chi connectivity index (χ3v) is 8.00. The van der Waals surface area contributed by atoms with E-state index in [1.54, 1.807) is 6.92 Å². The van der Waals surface area contributed by atoms with Crippen LogP contribution in [0.3, 0.4) is 0 Å². The highest BCUT2D eigenvalue weighted by atomic mass is 32.2. The molecule has 1 N–H and O–H groups in total. The third-order valence-electron chi connectivity index (χ3n) is 7.07. The highest BCUT2D eigenvalue weighted by Gasteiger charge is 2.33. The molecule has 1 fully saturated rings. The van der Waals surface area contributed by atoms with E-state index < -0.39 is 18.2 Å². The third kappa shape index (κ3) is 7.45.